The summed E-state index contributed by atoms with van der Waals surface area (Å²) in [5.41, 5.74) is 0.512. The van der Waals surface area contributed by atoms with Crippen LogP contribution in [0.25, 0.3) is 0 Å². The van der Waals surface area contributed by atoms with Gasteiger partial charge >= 0.3 is 6.09 Å². The van der Waals surface area contributed by atoms with Crippen molar-refractivity contribution in [2.75, 3.05) is 38.0 Å². The van der Waals surface area contributed by atoms with Gasteiger partial charge < -0.3 is 19.5 Å². The van der Waals surface area contributed by atoms with Gasteiger partial charge in [-0.1, -0.05) is 18.2 Å². The van der Waals surface area contributed by atoms with E-state index < -0.39 is 11.7 Å². The predicted octanol–water partition coefficient (Wildman–Crippen LogP) is 4.17. The Balaban J connectivity index is 2.95. The van der Waals surface area contributed by atoms with Crippen LogP contribution >= 0.6 is 11.6 Å². The van der Waals surface area contributed by atoms with Crippen LogP contribution in [0.1, 0.15) is 20.8 Å². The zero-order chi connectivity index (χ0) is 21.2. The molecule has 0 saturated carbocycles. The molecular formula is C19H27ClN4O4. The molecule has 2 N–H and O–H groups in total. The summed E-state index contributed by atoms with van der Waals surface area (Å²) >= 11 is 5.93. The van der Waals surface area contributed by atoms with E-state index in [0.29, 0.717) is 41.3 Å². The van der Waals surface area contributed by atoms with Gasteiger partial charge in [0, 0.05) is 37.1 Å². The number of ether oxygens (including phenoxy) is 3. The monoisotopic (exact) mass is 410 g/mol. The number of carbonyl (C=O) groups is 1. The summed E-state index contributed by atoms with van der Waals surface area (Å²) in [5.74, 6) is 0.649. The smallest absolute Gasteiger partial charge is 0.413 e. The minimum atomic E-state index is -0.609. The van der Waals surface area contributed by atoms with Crippen molar-refractivity contribution in [3.63, 3.8) is 0 Å². The second-order valence-corrected chi connectivity index (χ2v) is 7.04. The van der Waals surface area contributed by atoms with Crippen molar-refractivity contribution in [3.8, 4) is 0 Å². The summed E-state index contributed by atoms with van der Waals surface area (Å²) in [6, 6.07) is 3.35. The zero-order valence-corrected chi connectivity index (χ0v) is 17.6. The third kappa shape index (κ3) is 9.38. The first-order valence-corrected chi connectivity index (χ1v) is 8.90. The maximum Gasteiger partial charge on any atom is 0.413 e. The molecule has 0 unspecified atom stereocenters. The van der Waals surface area contributed by atoms with Crippen LogP contribution in [-0.2, 0) is 14.2 Å². The molecule has 0 aliphatic rings. The number of hydrogen-bond acceptors (Lipinski definition) is 7. The van der Waals surface area contributed by atoms with Gasteiger partial charge in [-0.2, -0.15) is 0 Å². The van der Waals surface area contributed by atoms with E-state index >= 15 is 0 Å². The van der Waals surface area contributed by atoms with E-state index in [0.717, 1.165) is 0 Å². The number of amides is 1. The highest BCUT2D eigenvalue weighted by molar-refractivity contribution is 6.31. The molecule has 1 heterocycles. The van der Waals surface area contributed by atoms with E-state index in [2.05, 4.69) is 27.2 Å². The highest BCUT2D eigenvalue weighted by Gasteiger charge is 2.17. The van der Waals surface area contributed by atoms with Crippen LogP contribution in [0.4, 0.5) is 16.3 Å². The molecule has 0 aliphatic carbocycles. The fraction of sp³-hybridized carbons (Fsp3) is 0.421. The summed E-state index contributed by atoms with van der Waals surface area (Å²) < 4.78 is 15.8. The van der Waals surface area contributed by atoms with E-state index in [1.54, 1.807) is 53.1 Å². The topological polar surface area (TPSA) is 94.1 Å². The Morgan fingerprint density at radius 3 is 2.64 bits per heavy atom. The Morgan fingerprint density at radius 1 is 1.36 bits per heavy atom. The molecule has 0 aliphatic heterocycles. The number of carbonyl (C=O) groups excluding carboxylic acids is 1. The lowest BCUT2D eigenvalue weighted by molar-refractivity contribution is 0.0635. The van der Waals surface area contributed by atoms with Crippen LogP contribution in [0.15, 0.2) is 46.7 Å². The molecule has 1 amide bonds. The number of methoxy groups -OCH3 is 1. The van der Waals surface area contributed by atoms with Gasteiger partial charge in [0.2, 0.25) is 5.90 Å². The van der Waals surface area contributed by atoms with Gasteiger partial charge in [0.1, 0.15) is 23.7 Å². The Morgan fingerprint density at radius 2 is 2.07 bits per heavy atom. The average molecular weight is 411 g/mol. The maximum atomic E-state index is 11.9. The van der Waals surface area contributed by atoms with Crippen molar-refractivity contribution < 1.29 is 19.0 Å². The molecule has 1 aromatic rings. The maximum absolute atomic E-state index is 11.9. The van der Waals surface area contributed by atoms with Crippen molar-refractivity contribution in [1.29, 1.82) is 0 Å². The van der Waals surface area contributed by atoms with Crippen LogP contribution < -0.4 is 10.6 Å². The van der Waals surface area contributed by atoms with E-state index in [1.165, 1.54) is 6.20 Å². The molecule has 9 heteroatoms. The Kier molecular flexibility index (Phi) is 9.47. The summed E-state index contributed by atoms with van der Waals surface area (Å²) in [7, 11) is 3.18. The number of pyridine rings is 1. The van der Waals surface area contributed by atoms with E-state index in [4.69, 9.17) is 25.8 Å². The summed E-state index contributed by atoms with van der Waals surface area (Å²) in [5, 5.41) is 6.01. The van der Waals surface area contributed by atoms with Crippen molar-refractivity contribution in [2.45, 2.75) is 26.4 Å². The first-order chi connectivity index (χ1) is 13.1. The van der Waals surface area contributed by atoms with Gasteiger partial charge in [0.05, 0.1) is 6.61 Å². The SMILES string of the molecule is C=C(Cl)/C=C(/Nc1ccnc(NC(=O)OC(C)(C)C)c1)C(=NC)OCCOC. The Labute approximate surface area is 170 Å². The normalized spacial score (nSPS) is 12.4. The molecular weight excluding hydrogens is 384 g/mol. The van der Waals surface area contributed by atoms with Gasteiger partial charge in [-0.3, -0.25) is 10.3 Å². The minimum absolute atomic E-state index is 0.292. The number of hydrogen-bond donors (Lipinski definition) is 2. The molecule has 154 valence electrons. The average Bonchev–Trinajstić information content (AvgIpc) is 2.56. The number of halogens is 1. The minimum Gasteiger partial charge on any atom is -0.474 e. The highest BCUT2D eigenvalue weighted by atomic mass is 35.5. The number of nitrogens with one attached hydrogen (secondary N) is 2. The van der Waals surface area contributed by atoms with E-state index in [1.807, 2.05) is 0 Å². The molecule has 0 fully saturated rings. The van der Waals surface area contributed by atoms with Gasteiger partial charge in [-0.25, -0.2) is 9.78 Å². The second kappa shape index (κ2) is 11.3. The number of rotatable bonds is 8. The second-order valence-electron chi connectivity index (χ2n) is 6.56. The molecule has 8 nitrogen and oxygen atoms in total. The number of aliphatic imine (C=N–C) groups is 1. The molecule has 0 bridgehead atoms. The first-order valence-electron chi connectivity index (χ1n) is 8.52. The van der Waals surface area contributed by atoms with E-state index in [9.17, 15) is 4.79 Å². The quantitative estimate of drug-likeness (QED) is 0.289. The van der Waals surface area contributed by atoms with Gasteiger partial charge in [-0.05, 0) is 32.9 Å². The molecule has 0 spiro atoms. The summed E-state index contributed by atoms with van der Waals surface area (Å²) in [4.78, 5) is 20.2. The van der Waals surface area contributed by atoms with Crippen LogP contribution in [0.3, 0.4) is 0 Å². The Hall–Kier alpha value is -2.58. The third-order valence-electron chi connectivity index (χ3n) is 2.93. The summed E-state index contributed by atoms with van der Waals surface area (Å²) in [6.45, 7) is 9.74. The number of aromatic nitrogens is 1. The molecule has 0 saturated heterocycles. The lowest BCUT2D eigenvalue weighted by Gasteiger charge is -2.19. The fourth-order valence-electron chi connectivity index (χ4n) is 1.93. The zero-order valence-electron chi connectivity index (χ0n) is 16.8. The number of allylic oxidation sites excluding steroid dienone is 2. The van der Waals surface area contributed by atoms with Crippen LogP contribution in [0, 0.1) is 0 Å². The largest absolute Gasteiger partial charge is 0.474 e. The number of anilines is 2. The molecule has 0 aromatic carbocycles. The molecule has 0 atom stereocenters. The fourth-order valence-corrected chi connectivity index (χ4v) is 2.04. The Bertz CT molecular complexity index is 742. The third-order valence-corrected chi connectivity index (χ3v) is 3.04. The number of nitrogens with zero attached hydrogens (tertiary/aromatic N) is 2. The molecule has 1 aromatic heterocycles. The van der Waals surface area contributed by atoms with Gasteiger partial charge in [0.15, 0.2) is 0 Å². The van der Waals surface area contributed by atoms with Crippen LogP contribution in [-0.4, -0.2) is 49.9 Å². The van der Waals surface area contributed by atoms with Gasteiger partial charge in [-0.15, -0.1) is 0 Å². The first kappa shape index (κ1) is 23.5. The highest BCUT2D eigenvalue weighted by Crippen LogP contribution is 2.18. The van der Waals surface area contributed by atoms with Crippen molar-refractivity contribution >= 4 is 35.1 Å². The summed E-state index contributed by atoms with van der Waals surface area (Å²) in [6.07, 6.45) is 2.52. The molecule has 28 heavy (non-hydrogen) atoms. The standard InChI is InChI=1S/C19H27ClN4O4/c1-13(20)11-15(17(21-5)27-10-9-26-6)23-14-7-8-22-16(12-14)24-18(25)28-19(2,3)4/h7-8,11-12H,1,9-10H2,2-6H3,(H2,22,23,24,25)/b15-11+,21-17?. The van der Waals surface area contributed by atoms with Crippen LogP contribution in [0.2, 0.25) is 0 Å². The van der Waals surface area contributed by atoms with Crippen LogP contribution in [0.5, 0.6) is 0 Å². The van der Waals surface area contributed by atoms with Crippen molar-refractivity contribution in [2.24, 2.45) is 4.99 Å². The molecule has 0 radical (unpaired) electrons. The van der Waals surface area contributed by atoms with E-state index in [-0.39, 0.29) is 0 Å². The van der Waals surface area contributed by atoms with Crippen molar-refractivity contribution in [3.05, 3.63) is 41.7 Å². The lowest BCUT2D eigenvalue weighted by Crippen LogP contribution is -2.27. The lowest BCUT2D eigenvalue weighted by atomic mass is 10.2. The molecule has 1 rings (SSSR count). The predicted molar refractivity (Wildman–Crippen MR) is 112 cm³/mol. The van der Waals surface area contributed by atoms with Gasteiger partial charge in [0.25, 0.3) is 0 Å². The van der Waals surface area contributed by atoms with Crippen molar-refractivity contribution in [1.82, 2.24) is 4.98 Å².